The molecule has 0 N–H and O–H groups in total. The number of Topliss-reactive ketones (excluding diaryl/α,β-unsaturated/α-hetero) is 1. The number of benzene rings is 2. The first-order valence-corrected chi connectivity index (χ1v) is 6.73. The summed E-state index contributed by atoms with van der Waals surface area (Å²) in [6.45, 7) is 1.56. The standard InChI is InChI=1S/C18H15NO2/c1-12(20)13-7-8-18(21-2)16(10-13)15-9-14-5-3-4-6-17(14)19-11-15/h3-11H,1-2H3. The predicted molar refractivity (Wildman–Crippen MR) is 83.7 cm³/mol. The van der Waals surface area contributed by atoms with Crippen molar-refractivity contribution in [3.63, 3.8) is 0 Å². The van der Waals surface area contributed by atoms with E-state index in [4.69, 9.17) is 4.74 Å². The Kier molecular flexibility index (Phi) is 3.40. The minimum absolute atomic E-state index is 0.0349. The molecule has 0 fully saturated rings. The van der Waals surface area contributed by atoms with Crippen molar-refractivity contribution in [3.8, 4) is 16.9 Å². The number of hydrogen-bond donors (Lipinski definition) is 0. The number of hydrogen-bond acceptors (Lipinski definition) is 3. The van der Waals surface area contributed by atoms with Gasteiger partial charge in [0.2, 0.25) is 0 Å². The molecule has 3 nitrogen and oxygen atoms in total. The molecule has 104 valence electrons. The number of ketones is 1. The molecule has 0 aliphatic carbocycles. The van der Waals surface area contributed by atoms with Crippen molar-refractivity contribution in [2.24, 2.45) is 0 Å². The zero-order chi connectivity index (χ0) is 14.8. The van der Waals surface area contributed by atoms with Gasteiger partial charge in [0.15, 0.2) is 5.78 Å². The number of pyridine rings is 1. The van der Waals surface area contributed by atoms with Gasteiger partial charge in [-0.15, -0.1) is 0 Å². The summed E-state index contributed by atoms with van der Waals surface area (Å²) in [5, 5.41) is 1.06. The van der Waals surface area contributed by atoms with Crippen LogP contribution in [-0.2, 0) is 0 Å². The highest BCUT2D eigenvalue weighted by Gasteiger charge is 2.10. The molecular formula is C18H15NO2. The zero-order valence-corrected chi connectivity index (χ0v) is 12.0. The largest absolute Gasteiger partial charge is 0.496 e. The quantitative estimate of drug-likeness (QED) is 0.676. The van der Waals surface area contributed by atoms with Crippen LogP contribution in [0, 0.1) is 0 Å². The van der Waals surface area contributed by atoms with Crippen molar-refractivity contribution in [2.75, 3.05) is 7.11 Å². The molecule has 0 spiro atoms. The van der Waals surface area contributed by atoms with E-state index in [1.54, 1.807) is 20.1 Å². The van der Waals surface area contributed by atoms with E-state index in [1.807, 2.05) is 42.6 Å². The van der Waals surface area contributed by atoms with Gasteiger partial charge in [-0.25, -0.2) is 0 Å². The molecule has 0 atom stereocenters. The number of nitrogens with zero attached hydrogens (tertiary/aromatic N) is 1. The van der Waals surface area contributed by atoms with Gasteiger partial charge >= 0.3 is 0 Å². The van der Waals surface area contributed by atoms with E-state index in [1.165, 1.54) is 0 Å². The highest BCUT2D eigenvalue weighted by Crippen LogP contribution is 2.32. The highest BCUT2D eigenvalue weighted by molar-refractivity contribution is 5.96. The Morgan fingerprint density at radius 2 is 1.90 bits per heavy atom. The Balaban J connectivity index is 2.20. The van der Waals surface area contributed by atoms with Crippen LogP contribution in [0.1, 0.15) is 17.3 Å². The van der Waals surface area contributed by atoms with Gasteiger partial charge in [-0.3, -0.25) is 9.78 Å². The molecule has 3 rings (SSSR count). The predicted octanol–water partition coefficient (Wildman–Crippen LogP) is 4.11. The van der Waals surface area contributed by atoms with Crippen LogP contribution in [0.3, 0.4) is 0 Å². The lowest BCUT2D eigenvalue weighted by Gasteiger charge is -2.10. The molecule has 0 aliphatic rings. The van der Waals surface area contributed by atoms with Crippen molar-refractivity contribution in [1.82, 2.24) is 4.98 Å². The molecule has 2 aromatic carbocycles. The van der Waals surface area contributed by atoms with E-state index in [0.717, 1.165) is 27.8 Å². The Labute approximate surface area is 123 Å². The average Bonchev–Trinajstić information content (AvgIpc) is 2.53. The smallest absolute Gasteiger partial charge is 0.159 e. The van der Waals surface area contributed by atoms with Crippen LogP contribution in [0.4, 0.5) is 0 Å². The van der Waals surface area contributed by atoms with Gasteiger partial charge in [-0.05, 0) is 37.3 Å². The van der Waals surface area contributed by atoms with Gasteiger partial charge < -0.3 is 4.74 Å². The van der Waals surface area contributed by atoms with Gasteiger partial charge in [-0.2, -0.15) is 0 Å². The SMILES string of the molecule is COc1ccc(C(C)=O)cc1-c1cnc2ccccc2c1. The number of para-hydroxylation sites is 1. The first kappa shape index (κ1) is 13.3. The fourth-order valence-corrected chi connectivity index (χ4v) is 2.37. The maximum absolute atomic E-state index is 11.6. The Morgan fingerprint density at radius 1 is 1.10 bits per heavy atom. The van der Waals surface area contributed by atoms with Crippen molar-refractivity contribution in [1.29, 1.82) is 0 Å². The highest BCUT2D eigenvalue weighted by atomic mass is 16.5. The molecule has 1 aromatic heterocycles. The van der Waals surface area contributed by atoms with E-state index in [9.17, 15) is 4.79 Å². The van der Waals surface area contributed by atoms with E-state index < -0.39 is 0 Å². The first-order chi connectivity index (χ1) is 10.2. The molecule has 3 aromatic rings. The van der Waals surface area contributed by atoms with Crippen molar-refractivity contribution < 1.29 is 9.53 Å². The Morgan fingerprint density at radius 3 is 2.67 bits per heavy atom. The zero-order valence-electron chi connectivity index (χ0n) is 12.0. The van der Waals surface area contributed by atoms with Crippen molar-refractivity contribution >= 4 is 16.7 Å². The molecule has 0 saturated heterocycles. The first-order valence-electron chi connectivity index (χ1n) is 6.73. The second-order valence-electron chi connectivity index (χ2n) is 4.89. The fourth-order valence-electron chi connectivity index (χ4n) is 2.37. The van der Waals surface area contributed by atoms with Gasteiger partial charge in [0, 0.05) is 28.3 Å². The van der Waals surface area contributed by atoms with Crippen LogP contribution < -0.4 is 4.74 Å². The molecular weight excluding hydrogens is 262 g/mol. The lowest BCUT2D eigenvalue weighted by molar-refractivity contribution is 0.101. The number of carbonyl (C=O) groups excluding carboxylic acids is 1. The number of aromatic nitrogens is 1. The average molecular weight is 277 g/mol. The maximum atomic E-state index is 11.6. The van der Waals surface area contributed by atoms with Gasteiger partial charge in [0.05, 0.1) is 12.6 Å². The van der Waals surface area contributed by atoms with Crippen molar-refractivity contribution in [2.45, 2.75) is 6.92 Å². The Hall–Kier alpha value is -2.68. The van der Waals surface area contributed by atoms with E-state index in [2.05, 4.69) is 11.1 Å². The molecule has 0 amide bonds. The van der Waals surface area contributed by atoms with E-state index in [-0.39, 0.29) is 5.78 Å². The summed E-state index contributed by atoms with van der Waals surface area (Å²) in [6.07, 6.45) is 1.81. The van der Waals surface area contributed by atoms with Crippen molar-refractivity contribution in [3.05, 3.63) is 60.3 Å². The summed E-state index contributed by atoms with van der Waals surface area (Å²) >= 11 is 0. The lowest BCUT2D eigenvalue weighted by Crippen LogP contribution is -1.95. The summed E-state index contributed by atoms with van der Waals surface area (Å²) in [4.78, 5) is 16.1. The fraction of sp³-hybridized carbons (Fsp3) is 0.111. The normalized spacial score (nSPS) is 10.6. The summed E-state index contributed by atoms with van der Waals surface area (Å²) in [5.74, 6) is 0.768. The topological polar surface area (TPSA) is 39.2 Å². The van der Waals surface area contributed by atoms with Gasteiger partial charge in [0.1, 0.15) is 5.75 Å². The molecule has 0 saturated carbocycles. The third-order valence-electron chi connectivity index (χ3n) is 3.51. The third kappa shape index (κ3) is 2.50. The number of methoxy groups -OCH3 is 1. The second-order valence-corrected chi connectivity index (χ2v) is 4.89. The van der Waals surface area contributed by atoms with Crippen LogP contribution in [0.5, 0.6) is 5.75 Å². The second kappa shape index (κ2) is 5.37. The molecule has 1 heterocycles. The number of ether oxygens (including phenoxy) is 1. The minimum Gasteiger partial charge on any atom is -0.496 e. The maximum Gasteiger partial charge on any atom is 0.159 e. The van der Waals surface area contributed by atoms with E-state index >= 15 is 0 Å². The summed E-state index contributed by atoms with van der Waals surface area (Å²) in [5.41, 5.74) is 3.43. The molecule has 3 heteroatoms. The summed E-state index contributed by atoms with van der Waals surface area (Å²) in [7, 11) is 1.63. The molecule has 0 radical (unpaired) electrons. The molecule has 0 bridgehead atoms. The number of rotatable bonds is 3. The Bertz CT molecular complexity index is 824. The van der Waals surface area contributed by atoms with Gasteiger partial charge in [-0.1, -0.05) is 18.2 Å². The monoisotopic (exact) mass is 277 g/mol. The third-order valence-corrected chi connectivity index (χ3v) is 3.51. The minimum atomic E-state index is 0.0349. The molecule has 0 unspecified atom stereocenters. The van der Waals surface area contributed by atoms with Gasteiger partial charge in [0.25, 0.3) is 0 Å². The number of fused-ring (bicyclic) bond motifs is 1. The molecule has 0 aliphatic heterocycles. The molecule has 21 heavy (non-hydrogen) atoms. The van der Waals surface area contributed by atoms with Crippen LogP contribution in [-0.4, -0.2) is 17.9 Å². The van der Waals surface area contributed by atoms with E-state index in [0.29, 0.717) is 5.56 Å². The van der Waals surface area contributed by atoms with Crippen LogP contribution in [0.2, 0.25) is 0 Å². The van der Waals surface area contributed by atoms with Crippen LogP contribution in [0.15, 0.2) is 54.7 Å². The lowest BCUT2D eigenvalue weighted by atomic mass is 10.0. The summed E-state index contributed by atoms with van der Waals surface area (Å²) < 4.78 is 5.41. The van der Waals surface area contributed by atoms with Crippen LogP contribution >= 0.6 is 0 Å². The van der Waals surface area contributed by atoms with Crippen LogP contribution in [0.25, 0.3) is 22.0 Å². The summed E-state index contributed by atoms with van der Waals surface area (Å²) in [6, 6.07) is 15.5. The number of carbonyl (C=O) groups is 1.